The number of aromatic nitrogens is 5. The van der Waals surface area contributed by atoms with E-state index in [-0.39, 0.29) is 23.2 Å². The van der Waals surface area contributed by atoms with Gasteiger partial charge in [0.2, 0.25) is 5.91 Å². The van der Waals surface area contributed by atoms with Crippen LogP contribution in [0.4, 0.5) is 17.3 Å². The molecule has 0 aliphatic heterocycles. The van der Waals surface area contributed by atoms with Gasteiger partial charge in [-0.25, -0.2) is 9.97 Å². The van der Waals surface area contributed by atoms with Crippen LogP contribution in [0.2, 0.25) is 0 Å². The topological polar surface area (TPSA) is 167 Å². The monoisotopic (exact) mass is 409 g/mol. The molecule has 0 radical (unpaired) electrons. The molecule has 2 aromatic heterocycles. The Morgan fingerprint density at radius 2 is 1.90 bits per heavy atom. The first-order chi connectivity index (χ1) is 14.3. The van der Waals surface area contributed by atoms with Crippen molar-refractivity contribution in [1.29, 1.82) is 0 Å². The molecule has 0 fully saturated rings. The second kappa shape index (κ2) is 8.99. The van der Waals surface area contributed by atoms with E-state index < -0.39 is 17.9 Å². The lowest BCUT2D eigenvalue weighted by Crippen LogP contribution is -2.37. The van der Waals surface area contributed by atoms with Crippen LogP contribution in [0.1, 0.15) is 30.8 Å². The standard InChI is InChI=1S/C19H23N9O2/c1-11(2)8-14(17(20)29)26-15-10-22-16(18(21)30)19(27-15)25-12-4-3-5-13(9-12)28-23-6-7-24-28/h3-7,9-11,14H,8H2,1-2H3,(H2,20,29)(H2,21,30)(H2,25,26,27). The molecule has 1 atom stereocenters. The molecule has 3 rings (SSSR count). The average molecular weight is 409 g/mol. The number of anilines is 3. The van der Waals surface area contributed by atoms with Gasteiger partial charge >= 0.3 is 0 Å². The first kappa shape index (κ1) is 20.7. The normalized spacial score (nSPS) is 11.8. The van der Waals surface area contributed by atoms with Crippen molar-refractivity contribution in [3.05, 3.63) is 48.5 Å². The van der Waals surface area contributed by atoms with Crippen LogP contribution in [0.3, 0.4) is 0 Å². The summed E-state index contributed by atoms with van der Waals surface area (Å²) < 4.78 is 0. The molecule has 3 aromatic rings. The summed E-state index contributed by atoms with van der Waals surface area (Å²) in [5.74, 6) is -0.569. The van der Waals surface area contributed by atoms with Gasteiger partial charge in [0.05, 0.1) is 24.3 Å². The molecule has 1 aromatic carbocycles. The molecular formula is C19H23N9O2. The van der Waals surface area contributed by atoms with Crippen LogP contribution in [0.25, 0.3) is 5.69 Å². The lowest BCUT2D eigenvalue weighted by atomic mass is 10.0. The number of nitrogens with zero attached hydrogens (tertiary/aromatic N) is 5. The molecule has 11 nitrogen and oxygen atoms in total. The smallest absolute Gasteiger partial charge is 0.271 e. The van der Waals surface area contributed by atoms with Crippen LogP contribution in [-0.4, -0.2) is 42.8 Å². The Morgan fingerprint density at radius 3 is 2.53 bits per heavy atom. The highest BCUT2D eigenvalue weighted by atomic mass is 16.1. The van der Waals surface area contributed by atoms with E-state index >= 15 is 0 Å². The predicted molar refractivity (Wildman–Crippen MR) is 111 cm³/mol. The lowest BCUT2D eigenvalue weighted by molar-refractivity contribution is -0.119. The zero-order valence-corrected chi connectivity index (χ0v) is 16.6. The Hall–Kier alpha value is -4.02. The van der Waals surface area contributed by atoms with Gasteiger partial charge in [0.1, 0.15) is 11.9 Å². The number of hydrogen-bond donors (Lipinski definition) is 4. The number of carbonyl (C=O) groups excluding carboxylic acids is 2. The molecule has 0 aliphatic rings. The van der Waals surface area contributed by atoms with Gasteiger partial charge < -0.3 is 22.1 Å². The Morgan fingerprint density at radius 1 is 1.17 bits per heavy atom. The van der Waals surface area contributed by atoms with Crippen molar-refractivity contribution in [2.75, 3.05) is 10.6 Å². The number of carbonyl (C=O) groups is 2. The largest absolute Gasteiger partial charge is 0.368 e. The van der Waals surface area contributed by atoms with Crippen molar-refractivity contribution in [3.8, 4) is 5.69 Å². The van der Waals surface area contributed by atoms with Crippen molar-refractivity contribution < 1.29 is 9.59 Å². The molecule has 11 heteroatoms. The van der Waals surface area contributed by atoms with Gasteiger partial charge in [-0.3, -0.25) is 9.59 Å². The van der Waals surface area contributed by atoms with E-state index in [4.69, 9.17) is 11.5 Å². The molecule has 0 bridgehead atoms. The van der Waals surface area contributed by atoms with Crippen molar-refractivity contribution >= 4 is 29.1 Å². The van der Waals surface area contributed by atoms with Crippen molar-refractivity contribution in [3.63, 3.8) is 0 Å². The molecule has 2 heterocycles. The van der Waals surface area contributed by atoms with Crippen molar-refractivity contribution in [2.45, 2.75) is 26.3 Å². The fourth-order valence-electron chi connectivity index (χ4n) is 2.82. The van der Waals surface area contributed by atoms with E-state index in [2.05, 4.69) is 30.8 Å². The Kier molecular flexibility index (Phi) is 6.20. The molecular weight excluding hydrogens is 386 g/mol. The van der Waals surface area contributed by atoms with Crippen LogP contribution in [-0.2, 0) is 4.79 Å². The van der Waals surface area contributed by atoms with Gasteiger partial charge in [-0.1, -0.05) is 19.9 Å². The minimum Gasteiger partial charge on any atom is -0.368 e. The van der Waals surface area contributed by atoms with Gasteiger partial charge in [-0.05, 0) is 30.5 Å². The summed E-state index contributed by atoms with van der Waals surface area (Å²) in [6.45, 7) is 3.96. The minimum absolute atomic E-state index is 0.0392. The van der Waals surface area contributed by atoms with Crippen LogP contribution in [0.5, 0.6) is 0 Å². The molecule has 0 spiro atoms. The molecule has 6 N–H and O–H groups in total. The maximum atomic E-state index is 11.8. The number of hydrogen-bond acceptors (Lipinski definition) is 8. The third kappa shape index (κ3) is 5.07. The molecule has 2 amide bonds. The van der Waals surface area contributed by atoms with Gasteiger partial charge in [-0.15, -0.1) is 0 Å². The minimum atomic E-state index is -0.741. The third-order valence-corrected chi connectivity index (χ3v) is 4.14. The summed E-state index contributed by atoms with van der Waals surface area (Å²) in [6, 6.07) is 6.56. The van der Waals surface area contributed by atoms with Crippen LogP contribution < -0.4 is 22.1 Å². The fraction of sp³-hybridized carbons (Fsp3) is 0.263. The zero-order valence-electron chi connectivity index (χ0n) is 16.6. The van der Waals surface area contributed by atoms with E-state index in [9.17, 15) is 9.59 Å². The van der Waals surface area contributed by atoms with Crippen LogP contribution in [0, 0.1) is 5.92 Å². The van der Waals surface area contributed by atoms with Crippen LogP contribution in [0.15, 0.2) is 42.9 Å². The van der Waals surface area contributed by atoms with Crippen molar-refractivity contribution in [2.24, 2.45) is 17.4 Å². The average Bonchev–Trinajstić information content (AvgIpc) is 3.22. The maximum Gasteiger partial charge on any atom is 0.271 e. The first-order valence-corrected chi connectivity index (χ1v) is 9.30. The third-order valence-electron chi connectivity index (χ3n) is 4.14. The summed E-state index contributed by atoms with van der Waals surface area (Å²) in [4.78, 5) is 33.5. The number of nitrogens with one attached hydrogen (secondary N) is 2. The summed E-state index contributed by atoms with van der Waals surface area (Å²) in [5.41, 5.74) is 12.2. The first-order valence-electron chi connectivity index (χ1n) is 9.30. The maximum absolute atomic E-state index is 11.8. The lowest BCUT2D eigenvalue weighted by Gasteiger charge is -2.18. The van der Waals surface area contributed by atoms with Gasteiger partial charge in [-0.2, -0.15) is 15.0 Å². The summed E-state index contributed by atoms with van der Waals surface area (Å²) in [5, 5.41) is 14.2. The number of primary amides is 2. The predicted octanol–water partition coefficient (Wildman–Crippen LogP) is 1.21. The Balaban J connectivity index is 1.89. The highest BCUT2D eigenvalue weighted by molar-refractivity contribution is 5.96. The summed E-state index contributed by atoms with van der Waals surface area (Å²) >= 11 is 0. The molecule has 0 aliphatic carbocycles. The number of nitrogens with two attached hydrogens (primary N) is 2. The molecule has 1 unspecified atom stereocenters. The molecule has 156 valence electrons. The van der Waals surface area contributed by atoms with E-state index in [1.165, 1.54) is 11.0 Å². The molecule has 0 saturated carbocycles. The van der Waals surface area contributed by atoms with E-state index in [0.29, 0.717) is 17.8 Å². The Bertz CT molecular complexity index is 1030. The molecule has 30 heavy (non-hydrogen) atoms. The zero-order chi connectivity index (χ0) is 21.7. The quantitative estimate of drug-likeness (QED) is 0.409. The number of benzene rings is 1. The van der Waals surface area contributed by atoms with Crippen molar-refractivity contribution in [1.82, 2.24) is 25.0 Å². The highest BCUT2D eigenvalue weighted by Gasteiger charge is 2.19. The fourth-order valence-corrected chi connectivity index (χ4v) is 2.82. The summed E-state index contributed by atoms with van der Waals surface area (Å²) in [6.07, 6.45) is 5.00. The highest BCUT2D eigenvalue weighted by Crippen LogP contribution is 2.22. The second-order valence-corrected chi connectivity index (χ2v) is 7.04. The van der Waals surface area contributed by atoms with Gasteiger partial charge in [0.15, 0.2) is 11.5 Å². The summed E-state index contributed by atoms with van der Waals surface area (Å²) in [7, 11) is 0. The SMILES string of the molecule is CC(C)CC(Nc1cnc(C(N)=O)c(Nc2cccc(-n3nccn3)c2)n1)C(N)=O. The number of rotatable bonds is 9. The Labute approximate surface area is 172 Å². The number of amides is 2. The van der Waals surface area contributed by atoms with E-state index in [1.807, 2.05) is 19.9 Å². The molecule has 0 saturated heterocycles. The van der Waals surface area contributed by atoms with Gasteiger partial charge in [0, 0.05) is 5.69 Å². The van der Waals surface area contributed by atoms with Crippen LogP contribution >= 0.6 is 0 Å². The second-order valence-electron chi connectivity index (χ2n) is 7.04. The van der Waals surface area contributed by atoms with Gasteiger partial charge in [0.25, 0.3) is 5.91 Å². The van der Waals surface area contributed by atoms with E-state index in [1.54, 1.807) is 30.6 Å². The van der Waals surface area contributed by atoms with E-state index in [0.717, 1.165) is 0 Å².